The van der Waals surface area contributed by atoms with Crippen LogP contribution in [0.2, 0.25) is 0 Å². The molecule has 3 aromatic carbocycles. The van der Waals surface area contributed by atoms with E-state index in [0.29, 0.717) is 26.0 Å². The van der Waals surface area contributed by atoms with Crippen molar-refractivity contribution in [1.29, 1.82) is 0 Å². The molecule has 0 aliphatic heterocycles. The summed E-state index contributed by atoms with van der Waals surface area (Å²) in [6, 6.07) is 12.0. The molecule has 0 bridgehead atoms. The lowest BCUT2D eigenvalue weighted by Gasteiger charge is -2.19. The number of carbonyl (C=O) groups excluding carboxylic acids is 1. The summed E-state index contributed by atoms with van der Waals surface area (Å²) in [5.41, 5.74) is 1.42. The second-order valence-corrected chi connectivity index (χ2v) is 9.65. The smallest absolute Gasteiger partial charge is 0.307 e. The number of hydrogen-bond acceptors (Lipinski definition) is 6. The Hall–Kier alpha value is -3.24. The quantitative estimate of drug-likeness (QED) is 0.160. The number of carbonyl (C=O) groups is 2. The van der Waals surface area contributed by atoms with Crippen LogP contribution < -0.4 is 9.47 Å². The molecule has 3 rings (SSSR count). The lowest BCUT2D eigenvalue weighted by atomic mass is 9.95. The number of nitro benzene ring substituents is 1. The van der Waals surface area contributed by atoms with Gasteiger partial charge in [0.2, 0.25) is 0 Å². The number of nitrogens with zero attached hydrogens (tertiary/aromatic N) is 1. The van der Waals surface area contributed by atoms with E-state index in [1.54, 1.807) is 24.3 Å². The van der Waals surface area contributed by atoms with Crippen LogP contribution in [-0.2, 0) is 11.2 Å². The van der Waals surface area contributed by atoms with Crippen LogP contribution in [0.4, 0.5) is 5.69 Å². The van der Waals surface area contributed by atoms with Gasteiger partial charge in [-0.2, -0.15) is 0 Å². The second kappa shape index (κ2) is 11.0. The largest absolute Gasteiger partial charge is 0.496 e. The molecule has 0 aliphatic carbocycles. The molecule has 0 aromatic heterocycles. The molecule has 35 heavy (non-hydrogen) atoms. The molecule has 0 unspecified atom stereocenters. The summed E-state index contributed by atoms with van der Waals surface area (Å²) in [7, 11) is 1.50. The standard InChI is InChI=1S/C25H21Br2NO7/c1-13(2)17-11-22(35-25-19(26)7-14(8-20(25)27)9-23(29)30)18(12-21(17)34-3)24(31)15-5-4-6-16(10-15)28(32)33/h4-8,10-13H,9H2,1-3H3,(H,29,30). The van der Waals surface area contributed by atoms with E-state index in [0.717, 1.165) is 5.56 Å². The number of benzene rings is 3. The Morgan fingerprint density at radius 3 is 2.26 bits per heavy atom. The van der Waals surface area contributed by atoms with Crippen molar-refractivity contribution < 1.29 is 29.1 Å². The molecule has 1 N–H and O–H groups in total. The second-order valence-electron chi connectivity index (χ2n) is 7.94. The van der Waals surface area contributed by atoms with E-state index in [4.69, 9.17) is 14.6 Å². The van der Waals surface area contributed by atoms with Crippen molar-refractivity contribution in [1.82, 2.24) is 0 Å². The topological polar surface area (TPSA) is 116 Å². The van der Waals surface area contributed by atoms with Gasteiger partial charge in [0.25, 0.3) is 5.69 Å². The van der Waals surface area contributed by atoms with Gasteiger partial charge in [-0.15, -0.1) is 0 Å². The van der Waals surface area contributed by atoms with Crippen molar-refractivity contribution in [2.75, 3.05) is 7.11 Å². The number of ketones is 1. The van der Waals surface area contributed by atoms with Crippen LogP contribution in [0.15, 0.2) is 57.5 Å². The zero-order valence-electron chi connectivity index (χ0n) is 19.0. The fourth-order valence-electron chi connectivity index (χ4n) is 3.48. The first-order valence-electron chi connectivity index (χ1n) is 10.4. The molecule has 0 fully saturated rings. The van der Waals surface area contributed by atoms with Crippen LogP contribution >= 0.6 is 31.9 Å². The molecule has 0 spiro atoms. The van der Waals surface area contributed by atoms with E-state index in [2.05, 4.69) is 31.9 Å². The number of carboxylic acid groups (broad SMARTS) is 1. The average molecular weight is 607 g/mol. The van der Waals surface area contributed by atoms with Crippen LogP contribution in [0.1, 0.15) is 46.8 Å². The molecule has 0 radical (unpaired) electrons. The van der Waals surface area contributed by atoms with Crippen molar-refractivity contribution >= 4 is 49.3 Å². The van der Waals surface area contributed by atoms with Crippen molar-refractivity contribution in [3.8, 4) is 17.2 Å². The third-order valence-corrected chi connectivity index (χ3v) is 6.32. The highest BCUT2D eigenvalue weighted by Gasteiger charge is 2.23. The van der Waals surface area contributed by atoms with Crippen LogP contribution in [0.3, 0.4) is 0 Å². The number of aliphatic carboxylic acids is 1. The van der Waals surface area contributed by atoms with Gasteiger partial charge in [0.05, 0.1) is 33.0 Å². The Morgan fingerprint density at radius 1 is 1.06 bits per heavy atom. The van der Waals surface area contributed by atoms with Crippen LogP contribution in [0.25, 0.3) is 0 Å². The van der Waals surface area contributed by atoms with Gasteiger partial charge in [-0.1, -0.05) is 26.0 Å². The summed E-state index contributed by atoms with van der Waals surface area (Å²) < 4.78 is 12.7. The molecule has 0 amide bonds. The first kappa shape index (κ1) is 26.4. The van der Waals surface area contributed by atoms with E-state index in [1.807, 2.05) is 13.8 Å². The van der Waals surface area contributed by atoms with Gasteiger partial charge < -0.3 is 14.6 Å². The lowest BCUT2D eigenvalue weighted by molar-refractivity contribution is -0.384. The van der Waals surface area contributed by atoms with E-state index in [9.17, 15) is 19.7 Å². The molecule has 0 saturated heterocycles. The van der Waals surface area contributed by atoms with Crippen LogP contribution in [0, 0.1) is 10.1 Å². The molecular formula is C25H21Br2NO7. The maximum absolute atomic E-state index is 13.5. The normalized spacial score (nSPS) is 10.8. The fourth-order valence-corrected chi connectivity index (χ4v) is 4.92. The third-order valence-electron chi connectivity index (χ3n) is 5.14. The van der Waals surface area contributed by atoms with Gasteiger partial charge >= 0.3 is 5.97 Å². The minimum absolute atomic E-state index is 0.0408. The van der Waals surface area contributed by atoms with Gasteiger partial charge in [0, 0.05) is 23.3 Å². The zero-order chi connectivity index (χ0) is 25.9. The fraction of sp³-hybridized carbons (Fsp3) is 0.200. The first-order valence-corrected chi connectivity index (χ1v) is 12.0. The van der Waals surface area contributed by atoms with Crippen molar-refractivity contribution in [2.45, 2.75) is 26.2 Å². The van der Waals surface area contributed by atoms with E-state index in [1.165, 1.54) is 31.4 Å². The Labute approximate surface area is 218 Å². The number of methoxy groups -OCH3 is 1. The van der Waals surface area contributed by atoms with Crippen molar-refractivity contribution in [2.24, 2.45) is 0 Å². The van der Waals surface area contributed by atoms with Gasteiger partial charge in [0.15, 0.2) is 11.5 Å². The summed E-state index contributed by atoms with van der Waals surface area (Å²) in [5, 5.41) is 20.3. The SMILES string of the molecule is COc1cc(C(=O)c2cccc([N+](=O)[O-])c2)c(Oc2c(Br)cc(CC(=O)O)cc2Br)cc1C(C)C. The minimum Gasteiger partial charge on any atom is -0.496 e. The van der Waals surface area contributed by atoms with E-state index >= 15 is 0 Å². The van der Waals surface area contributed by atoms with E-state index in [-0.39, 0.29) is 34.9 Å². The summed E-state index contributed by atoms with van der Waals surface area (Å²) in [6.07, 6.45) is -0.173. The minimum atomic E-state index is -0.973. The highest BCUT2D eigenvalue weighted by Crippen LogP contribution is 2.42. The number of nitro groups is 1. The monoisotopic (exact) mass is 605 g/mol. The summed E-state index contributed by atoms with van der Waals surface area (Å²) in [6.45, 7) is 3.94. The molecule has 0 heterocycles. The number of hydrogen-bond donors (Lipinski definition) is 1. The maximum Gasteiger partial charge on any atom is 0.307 e. The molecule has 10 heteroatoms. The van der Waals surface area contributed by atoms with Gasteiger partial charge in [-0.05, 0) is 67.6 Å². The summed E-state index contributed by atoms with van der Waals surface area (Å²) in [5.74, 6) is -0.369. The summed E-state index contributed by atoms with van der Waals surface area (Å²) >= 11 is 6.84. The molecule has 0 aliphatic rings. The van der Waals surface area contributed by atoms with Gasteiger partial charge in [-0.3, -0.25) is 19.7 Å². The Bertz CT molecular complexity index is 1300. The molecule has 8 nitrogen and oxygen atoms in total. The van der Waals surface area contributed by atoms with Crippen LogP contribution in [0.5, 0.6) is 17.2 Å². The predicted octanol–water partition coefficient (Wildman–Crippen LogP) is 6.90. The Morgan fingerprint density at radius 2 is 1.71 bits per heavy atom. The third kappa shape index (κ3) is 6.07. The average Bonchev–Trinajstić information content (AvgIpc) is 2.80. The summed E-state index contributed by atoms with van der Waals surface area (Å²) in [4.78, 5) is 35.2. The van der Waals surface area contributed by atoms with E-state index < -0.39 is 16.7 Å². The number of ether oxygens (including phenoxy) is 2. The number of carboxylic acids is 1. The lowest BCUT2D eigenvalue weighted by Crippen LogP contribution is -2.07. The van der Waals surface area contributed by atoms with Gasteiger partial charge in [0.1, 0.15) is 11.5 Å². The number of non-ortho nitro benzene ring substituents is 1. The zero-order valence-corrected chi connectivity index (χ0v) is 22.2. The highest BCUT2D eigenvalue weighted by atomic mass is 79.9. The Kier molecular flexibility index (Phi) is 8.29. The first-order chi connectivity index (χ1) is 16.5. The highest BCUT2D eigenvalue weighted by molar-refractivity contribution is 9.11. The molecule has 182 valence electrons. The predicted molar refractivity (Wildman–Crippen MR) is 137 cm³/mol. The number of rotatable bonds is 9. The molecule has 3 aromatic rings. The maximum atomic E-state index is 13.5. The Balaban J connectivity index is 2.16. The van der Waals surface area contributed by atoms with Gasteiger partial charge in [-0.25, -0.2) is 0 Å². The molecule has 0 saturated carbocycles. The van der Waals surface area contributed by atoms with Crippen molar-refractivity contribution in [3.05, 3.63) is 89.8 Å². The van der Waals surface area contributed by atoms with Crippen molar-refractivity contribution in [3.63, 3.8) is 0 Å². The molecule has 0 atom stereocenters. The van der Waals surface area contributed by atoms with Crippen LogP contribution in [-0.4, -0.2) is 28.9 Å². The number of halogens is 2. The molecular weight excluding hydrogens is 586 g/mol.